The number of nitro groups is 1. The van der Waals surface area contributed by atoms with Gasteiger partial charge in [0.05, 0.1) is 4.92 Å². The van der Waals surface area contributed by atoms with Crippen LogP contribution in [-0.2, 0) is 6.42 Å². The van der Waals surface area contributed by atoms with Gasteiger partial charge in [-0.3, -0.25) is 10.1 Å². The Morgan fingerprint density at radius 2 is 1.87 bits per heavy atom. The van der Waals surface area contributed by atoms with Gasteiger partial charge in [0.15, 0.2) is 0 Å². The molecule has 0 atom stereocenters. The van der Waals surface area contributed by atoms with Gasteiger partial charge in [-0.05, 0) is 30.5 Å². The van der Waals surface area contributed by atoms with Crippen LogP contribution in [0.5, 0.6) is 0 Å². The molecular weight excluding hydrogens is 288 g/mol. The predicted molar refractivity (Wildman–Crippen MR) is 93.6 cm³/mol. The summed E-state index contributed by atoms with van der Waals surface area (Å²) in [5.41, 5.74) is 4.12. The number of aromatic nitrogens is 1. The quantitative estimate of drug-likeness (QED) is 0.372. The van der Waals surface area contributed by atoms with Gasteiger partial charge < -0.3 is 4.98 Å². The summed E-state index contributed by atoms with van der Waals surface area (Å²) in [5.74, 6) is 0. The van der Waals surface area contributed by atoms with E-state index in [-0.39, 0.29) is 10.6 Å². The van der Waals surface area contributed by atoms with Crippen LogP contribution >= 0.6 is 0 Å². The first-order valence-corrected chi connectivity index (χ1v) is 8.05. The van der Waals surface area contributed by atoms with E-state index >= 15 is 0 Å². The summed E-state index contributed by atoms with van der Waals surface area (Å²) < 4.78 is 0. The smallest absolute Gasteiger partial charge is 0.273 e. The third-order valence-corrected chi connectivity index (χ3v) is 4.20. The number of fused-ring (bicyclic) bond motifs is 1. The molecule has 0 unspecified atom stereocenters. The van der Waals surface area contributed by atoms with Crippen LogP contribution in [0.1, 0.15) is 31.7 Å². The highest BCUT2D eigenvalue weighted by molar-refractivity contribution is 5.91. The zero-order chi connectivity index (χ0) is 16.2. The zero-order valence-electron chi connectivity index (χ0n) is 13.2. The van der Waals surface area contributed by atoms with Crippen LogP contribution in [0.4, 0.5) is 5.69 Å². The Morgan fingerprint density at radius 1 is 1.09 bits per heavy atom. The average molecular weight is 308 g/mol. The molecule has 4 nitrogen and oxygen atoms in total. The Kier molecular flexibility index (Phi) is 4.42. The van der Waals surface area contributed by atoms with Crippen molar-refractivity contribution >= 4 is 16.6 Å². The van der Waals surface area contributed by atoms with Gasteiger partial charge in [-0.2, -0.15) is 0 Å². The Balaban J connectivity index is 2.09. The van der Waals surface area contributed by atoms with E-state index < -0.39 is 0 Å². The first kappa shape index (κ1) is 15.3. The van der Waals surface area contributed by atoms with Crippen molar-refractivity contribution in [3.8, 4) is 11.3 Å². The van der Waals surface area contributed by atoms with Crippen molar-refractivity contribution in [2.75, 3.05) is 0 Å². The second kappa shape index (κ2) is 6.65. The molecular formula is C19H20N2O2. The SMILES string of the molecule is CCCCCc1c([N+](=O)[O-])ccc2[nH]c(-c3ccccc3)cc12. The van der Waals surface area contributed by atoms with E-state index in [1.165, 1.54) is 0 Å². The highest BCUT2D eigenvalue weighted by Crippen LogP contribution is 2.32. The van der Waals surface area contributed by atoms with Crippen LogP contribution in [0.25, 0.3) is 22.2 Å². The summed E-state index contributed by atoms with van der Waals surface area (Å²) in [7, 11) is 0. The fourth-order valence-electron chi connectivity index (χ4n) is 3.01. The van der Waals surface area contributed by atoms with Gasteiger partial charge in [0.1, 0.15) is 0 Å². The Bertz CT molecular complexity index is 822. The summed E-state index contributed by atoms with van der Waals surface area (Å²) in [6.45, 7) is 2.14. The lowest BCUT2D eigenvalue weighted by Gasteiger charge is -2.04. The number of nitro benzene ring substituents is 1. The molecule has 2 aromatic carbocycles. The highest BCUT2D eigenvalue weighted by atomic mass is 16.6. The van der Waals surface area contributed by atoms with Crippen molar-refractivity contribution in [2.45, 2.75) is 32.6 Å². The van der Waals surface area contributed by atoms with Crippen molar-refractivity contribution in [3.63, 3.8) is 0 Å². The molecule has 3 rings (SSSR count). The Hall–Kier alpha value is -2.62. The van der Waals surface area contributed by atoms with Gasteiger partial charge in [0.25, 0.3) is 5.69 Å². The second-order valence-corrected chi connectivity index (χ2v) is 5.79. The number of nitrogens with one attached hydrogen (secondary N) is 1. The van der Waals surface area contributed by atoms with E-state index in [0.717, 1.165) is 53.4 Å². The largest absolute Gasteiger partial charge is 0.355 e. The number of rotatable bonds is 6. The number of hydrogen-bond donors (Lipinski definition) is 1. The number of nitrogens with zero attached hydrogens (tertiary/aromatic N) is 1. The van der Waals surface area contributed by atoms with Crippen LogP contribution in [0.15, 0.2) is 48.5 Å². The molecule has 0 radical (unpaired) electrons. The average Bonchev–Trinajstić information content (AvgIpc) is 3.00. The topological polar surface area (TPSA) is 58.9 Å². The van der Waals surface area contributed by atoms with E-state index in [0.29, 0.717) is 0 Å². The maximum absolute atomic E-state index is 11.4. The van der Waals surface area contributed by atoms with Crippen molar-refractivity contribution in [2.24, 2.45) is 0 Å². The number of aromatic amines is 1. The Labute approximate surface area is 135 Å². The van der Waals surface area contributed by atoms with Gasteiger partial charge in [-0.1, -0.05) is 50.1 Å². The number of H-pyrrole nitrogens is 1. The molecule has 0 spiro atoms. The molecule has 0 aliphatic carbocycles. The predicted octanol–water partition coefficient (Wildman–Crippen LogP) is 5.48. The molecule has 0 aliphatic heterocycles. The molecule has 0 amide bonds. The van der Waals surface area contributed by atoms with Gasteiger partial charge >= 0.3 is 0 Å². The van der Waals surface area contributed by atoms with E-state index in [1.807, 2.05) is 42.5 Å². The molecule has 4 heteroatoms. The van der Waals surface area contributed by atoms with Crippen molar-refractivity contribution in [1.29, 1.82) is 0 Å². The van der Waals surface area contributed by atoms with Gasteiger partial charge in [-0.15, -0.1) is 0 Å². The standard InChI is InChI=1S/C19H20N2O2/c1-2-3-5-10-15-16-13-18(14-8-6-4-7-9-14)20-17(16)11-12-19(15)21(22)23/h4,6-9,11-13,20H,2-3,5,10H2,1H3. The van der Waals surface area contributed by atoms with E-state index in [1.54, 1.807) is 6.07 Å². The monoisotopic (exact) mass is 308 g/mol. The normalized spacial score (nSPS) is 11.0. The van der Waals surface area contributed by atoms with Gasteiger partial charge in [0, 0.05) is 28.2 Å². The van der Waals surface area contributed by atoms with E-state index in [4.69, 9.17) is 0 Å². The summed E-state index contributed by atoms with van der Waals surface area (Å²) >= 11 is 0. The summed E-state index contributed by atoms with van der Waals surface area (Å²) in [5, 5.41) is 12.3. The highest BCUT2D eigenvalue weighted by Gasteiger charge is 2.18. The molecule has 0 bridgehead atoms. The molecule has 1 N–H and O–H groups in total. The van der Waals surface area contributed by atoms with Crippen LogP contribution in [-0.4, -0.2) is 9.91 Å². The third kappa shape index (κ3) is 3.11. The summed E-state index contributed by atoms with van der Waals surface area (Å²) in [6, 6.07) is 15.5. The molecule has 118 valence electrons. The van der Waals surface area contributed by atoms with Gasteiger partial charge in [-0.25, -0.2) is 0 Å². The van der Waals surface area contributed by atoms with Crippen molar-refractivity contribution in [1.82, 2.24) is 4.98 Å². The summed E-state index contributed by atoms with van der Waals surface area (Å²) in [6.07, 6.45) is 3.91. The van der Waals surface area contributed by atoms with Crippen molar-refractivity contribution < 1.29 is 4.92 Å². The fourth-order valence-corrected chi connectivity index (χ4v) is 3.01. The molecule has 0 fully saturated rings. The van der Waals surface area contributed by atoms with E-state index in [9.17, 15) is 10.1 Å². The lowest BCUT2D eigenvalue weighted by atomic mass is 10.0. The van der Waals surface area contributed by atoms with Crippen molar-refractivity contribution in [3.05, 3.63) is 64.2 Å². The molecule has 1 heterocycles. The lowest BCUT2D eigenvalue weighted by Crippen LogP contribution is -1.96. The van der Waals surface area contributed by atoms with Crippen LogP contribution < -0.4 is 0 Å². The maximum Gasteiger partial charge on any atom is 0.273 e. The molecule has 0 saturated carbocycles. The minimum Gasteiger partial charge on any atom is -0.355 e. The lowest BCUT2D eigenvalue weighted by molar-refractivity contribution is -0.385. The number of unbranched alkanes of at least 4 members (excludes halogenated alkanes) is 2. The zero-order valence-corrected chi connectivity index (χ0v) is 13.2. The molecule has 3 aromatic rings. The molecule has 1 aromatic heterocycles. The third-order valence-electron chi connectivity index (χ3n) is 4.20. The maximum atomic E-state index is 11.4. The molecule has 0 saturated heterocycles. The Morgan fingerprint density at radius 3 is 2.57 bits per heavy atom. The molecule has 23 heavy (non-hydrogen) atoms. The van der Waals surface area contributed by atoms with Crippen LogP contribution in [0, 0.1) is 10.1 Å². The second-order valence-electron chi connectivity index (χ2n) is 5.79. The number of benzene rings is 2. The van der Waals surface area contributed by atoms with Crippen LogP contribution in [0.3, 0.4) is 0 Å². The number of hydrogen-bond acceptors (Lipinski definition) is 2. The van der Waals surface area contributed by atoms with Gasteiger partial charge in [0.2, 0.25) is 0 Å². The number of aryl methyl sites for hydroxylation is 1. The summed E-state index contributed by atoms with van der Waals surface area (Å²) in [4.78, 5) is 14.5. The first-order chi connectivity index (χ1) is 11.2. The first-order valence-electron chi connectivity index (χ1n) is 8.05. The van der Waals surface area contributed by atoms with E-state index in [2.05, 4.69) is 11.9 Å². The van der Waals surface area contributed by atoms with Crippen LogP contribution in [0.2, 0.25) is 0 Å². The molecule has 0 aliphatic rings. The fraction of sp³-hybridized carbons (Fsp3) is 0.263. The minimum absolute atomic E-state index is 0.229. The minimum atomic E-state index is -0.268.